The van der Waals surface area contributed by atoms with E-state index in [1.165, 1.54) is 11.1 Å². The van der Waals surface area contributed by atoms with Gasteiger partial charge in [0.25, 0.3) is 0 Å². The van der Waals surface area contributed by atoms with E-state index in [-0.39, 0.29) is 0 Å². The number of rotatable bonds is 2. The summed E-state index contributed by atoms with van der Waals surface area (Å²) in [4.78, 5) is 8.86. The minimum atomic E-state index is 0.505. The van der Waals surface area contributed by atoms with Crippen molar-refractivity contribution in [2.75, 3.05) is 0 Å². The van der Waals surface area contributed by atoms with Crippen LogP contribution < -0.4 is 0 Å². The summed E-state index contributed by atoms with van der Waals surface area (Å²) >= 11 is 8.30. The molecule has 0 radical (unpaired) electrons. The smallest absolute Gasteiger partial charge is 0.161 e. The summed E-state index contributed by atoms with van der Waals surface area (Å²) in [6.07, 6.45) is 0. The van der Waals surface area contributed by atoms with Gasteiger partial charge in [-0.3, -0.25) is 0 Å². The van der Waals surface area contributed by atoms with E-state index in [4.69, 9.17) is 11.6 Å². The van der Waals surface area contributed by atoms with Crippen LogP contribution in [0.5, 0.6) is 0 Å². The first-order valence-corrected chi connectivity index (χ1v) is 7.96. The van der Waals surface area contributed by atoms with Crippen LogP contribution in [0.4, 0.5) is 0 Å². The van der Waals surface area contributed by atoms with E-state index in [0.29, 0.717) is 11.0 Å². The Morgan fingerprint density at radius 2 is 1.38 bits per heavy atom. The maximum Gasteiger partial charge on any atom is 0.161 e. The molecule has 3 aromatic rings. The SMILES string of the molecule is Cc1nc(-c2ccc(-c3ccccc3)cc2)nc(Cl)c1I. The van der Waals surface area contributed by atoms with Gasteiger partial charge < -0.3 is 0 Å². The molecule has 0 aliphatic heterocycles. The van der Waals surface area contributed by atoms with Gasteiger partial charge in [0.05, 0.1) is 9.26 Å². The maximum atomic E-state index is 6.14. The van der Waals surface area contributed by atoms with Crippen LogP contribution in [0.2, 0.25) is 5.15 Å². The van der Waals surface area contributed by atoms with E-state index in [1.807, 2.05) is 37.3 Å². The Labute approximate surface area is 142 Å². The molecule has 0 saturated heterocycles. The predicted octanol–water partition coefficient (Wildman–Crippen LogP) is 5.38. The zero-order valence-electron chi connectivity index (χ0n) is 11.3. The third-order valence-electron chi connectivity index (χ3n) is 3.23. The molecule has 2 nitrogen and oxygen atoms in total. The van der Waals surface area contributed by atoms with Gasteiger partial charge in [0.1, 0.15) is 5.15 Å². The van der Waals surface area contributed by atoms with E-state index in [0.717, 1.165) is 14.8 Å². The predicted molar refractivity (Wildman–Crippen MR) is 95.4 cm³/mol. The molecule has 1 aromatic heterocycles. The van der Waals surface area contributed by atoms with Crippen molar-refractivity contribution in [3.8, 4) is 22.5 Å². The molecule has 0 atom stereocenters. The highest BCUT2D eigenvalue weighted by molar-refractivity contribution is 14.1. The fourth-order valence-corrected chi connectivity index (χ4v) is 2.55. The highest BCUT2D eigenvalue weighted by atomic mass is 127. The molecule has 0 unspecified atom stereocenters. The van der Waals surface area contributed by atoms with Gasteiger partial charge in [-0.2, -0.15) is 0 Å². The zero-order valence-corrected chi connectivity index (χ0v) is 14.3. The lowest BCUT2D eigenvalue weighted by Gasteiger charge is -2.06. The summed E-state index contributed by atoms with van der Waals surface area (Å²) < 4.78 is 0.902. The highest BCUT2D eigenvalue weighted by Gasteiger charge is 2.09. The molecular formula is C17H12ClIN2. The van der Waals surface area contributed by atoms with Gasteiger partial charge >= 0.3 is 0 Å². The second-order valence-electron chi connectivity index (χ2n) is 4.68. The van der Waals surface area contributed by atoms with Gasteiger partial charge in [0.2, 0.25) is 0 Å². The lowest BCUT2D eigenvalue weighted by Crippen LogP contribution is -1.96. The van der Waals surface area contributed by atoms with Crippen LogP contribution in [-0.4, -0.2) is 9.97 Å². The molecule has 0 aliphatic carbocycles. The molecule has 0 fully saturated rings. The first-order valence-electron chi connectivity index (χ1n) is 6.50. The van der Waals surface area contributed by atoms with Gasteiger partial charge in [-0.1, -0.05) is 66.2 Å². The minimum Gasteiger partial charge on any atom is -0.232 e. The van der Waals surface area contributed by atoms with Crippen LogP contribution in [0, 0.1) is 10.5 Å². The summed E-state index contributed by atoms with van der Waals surface area (Å²) in [5, 5.41) is 0.505. The largest absolute Gasteiger partial charge is 0.232 e. The summed E-state index contributed by atoms with van der Waals surface area (Å²) in [6.45, 7) is 1.94. The minimum absolute atomic E-state index is 0.505. The van der Waals surface area contributed by atoms with E-state index in [1.54, 1.807) is 0 Å². The average Bonchev–Trinajstić information content (AvgIpc) is 2.53. The number of benzene rings is 2. The second-order valence-corrected chi connectivity index (χ2v) is 6.12. The maximum absolute atomic E-state index is 6.14. The molecule has 0 amide bonds. The van der Waals surface area contributed by atoms with Gasteiger partial charge in [-0.15, -0.1) is 0 Å². The molecule has 0 bridgehead atoms. The molecule has 0 N–H and O–H groups in total. The number of halogens is 2. The molecule has 21 heavy (non-hydrogen) atoms. The van der Waals surface area contributed by atoms with Crippen molar-refractivity contribution in [3.05, 3.63) is 69.0 Å². The quantitative estimate of drug-likeness (QED) is 0.422. The third kappa shape index (κ3) is 3.09. The summed E-state index contributed by atoms with van der Waals surface area (Å²) in [7, 11) is 0. The first kappa shape index (κ1) is 14.5. The zero-order chi connectivity index (χ0) is 14.8. The van der Waals surface area contributed by atoms with Crippen LogP contribution in [0.15, 0.2) is 54.6 Å². The summed E-state index contributed by atoms with van der Waals surface area (Å²) in [5.74, 6) is 0.664. The van der Waals surface area contributed by atoms with E-state index >= 15 is 0 Å². The topological polar surface area (TPSA) is 25.8 Å². The van der Waals surface area contributed by atoms with Crippen molar-refractivity contribution >= 4 is 34.2 Å². The monoisotopic (exact) mass is 406 g/mol. The Morgan fingerprint density at radius 3 is 2.00 bits per heavy atom. The van der Waals surface area contributed by atoms with Crippen LogP contribution in [0.1, 0.15) is 5.69 Å². The van der Waals surface area contributed by atoms with Crippen LogP contribution in [-0.2, 0) is 0 Å². The second kappa shape index (κ2) is 6.12. The van der Waals surface area contributed by atoms with Gasteiger partial charge in [-0.25, -0.2) is 9.97 Å². The Balaban J connectivity index is 1.98. The van der Waals surface area contributed by atoms with Gasteiger partial charge in [0, 0.05) is 5.56 Å². The molecule has 0 spiro atoms. The number of hydrogen-bond acceptors (Lipinski definition) is 2. The molecule has 104 valence electrons. The van der Waals surface area contributed by atoms with Crippen molar-refractivity contribution in [1.29, 1.82) is 0 Å². The number of nitrogens with zero attached hydrogens (tertiary/aromatic N) is 2. The first-order chi connectivity index (χ1) is 10.1. The summed E-state index contributed by atoms with van der Waals surface area (Å²) in [6, 6.07) is 18.5. The van der Waals surface area contributed by atoms with Gasteiger partial charge in [0.15, 0.2) is 5.82 Å². The van der Waals surface area contributed by atoms with Crippen LogP contribution in [0.3, 0.4) is 0 Å². The van der Waals surface area contributed by atoms with Crippen molar-refractivity contribution in [3.63, 3.8) is 0 Å². The molecule has 0 aliphatic rings. The van der Waals surface area contributed by atoms with E-state index in [2.05, 4.69) is 56.8 Å². The third-order valence-corrected chi connectivity index (χ3v) is 5.11. The lowest BCUT2D eigenvalue weighted by molar-refractivity contribution is 1.09. The average molecular weight is 407 g/mol. The molecular weight excluding hydrogens is 395 g/mol. The molecule has 0 saturated carbocycles. The van der Waals surface area contributed by atoms with Crippen molar-refractivity contribution in [1.82, 2.24) is 9.97 Å². The fraction of sp³-hybridized carbons (Fsp3) is 0.0588. The lowest BCUT2D eigenvalue weighted by atomic mass is 10.0. The Kier molecular flexibility index (Phi) is 4.22. The highest BCUT2D eigenvalue weighted by Crippen LogP contribution is 2.26. The van der Waals surface area contributed by atoms with E-state index < -0.39 is 0 Å². The molecule has 4 heteroatoms. The number of hydrogen-bond donors (Lipinski definition) is 0. The Morgan fingerprint density at radius 1 is 0.810 bits per heavy atom. The number of aromatic nitrogens is 2. The van der Waals surface area contributed by atoms with Gasteiger partial charge in [-0.05, 0) is 40.6 Å². The Hall–Kier alpha value is -1.46. The molecule has 3 rings (SSSR count). The summed E-state index contributed by atoms with van der Waals surface area (Å²) in [5.41, 5.74) is 4.24. The van der Waals surface area contributed by atoms with Crippen molar-refractivity contribution in [2.45, 2.75) is 6.92 Å². The Bertz CT molecular complexity index is 748. The molecule has 1 heterocycles. The van der Waals surface area contributed by atoms with Crippen LogP contribution in [0.25, 0.3) is 22.5 Å². The van der Waals surface area contributed by atoms with Crippen molar-refractivity contribution < 1.29 is 0 Å². The molecule has 2 aromatic carbocycles. The van der Waals surface area contributed by atoms with E-state index in [9.17, 15) is 0 Å². The van der Waals surface area contributed by atoms with Crippen molar-refractivity contribution in [2.24, 2.45) is 0 Å². The normalized spacial score (nSPS) is 10.6. The fourth-order valence-electron chi connectivity index (χ4n) is 2.10. The number of aryl methyl sites for hydroxylation is 1. The van der Waals surface area contributed by atoms with Crippen LogP contribution >= 0.6 is 34.2 Å². The standard InChI is InChI=1S/C17H12ClIN2/c1-11-15(19)16(18)21-17(20-11)14-9-7-13(8-10-14)12-5-3-2-4-6-12/h2-10H,1H3.